The summed E-state index contributed by atoms with van der Waals surface area (Å²) in [6, 6.07) is 19.2. The molecule has 0 N–H and O–H groups in total. The second-order valence-electron chi connectivity index (χ2n) is 7.58. The Bertz CT molecular complexity index is 1500. The van der Waals surface area contributed by atoms with Crippen molar-refractivity contribution in [2.24, 2.45) is 0 Å². The fraction of sp³-hybridized carbons (Fsp3) is 0.0800. The second kappa shape index (κ2) is 10.4. The number of nitro groups is 2. The van der Waals surface area contributed by atoms with Crippen molar-refractivity contribution < 1.29 is 28.9 Å². The van der Waals surface area contributed by atoms with Gasteiger partial charge in [0.25, 0.3) is 11.4 Å². The van der Waals surface area contributed by atoms with Gasteiger partial charge in [0, 0.05) is 29.7 Å². The molecule has 1 aromatic heterocycles. The summed E-state index contributed by atoms with van der Waals surface area (Å²) in [4.78, 5) is 50.7. The van der Waals surface area contributed by atoms with Gasteiger partial charge in [-0.05, 0) is 23.3 Å². The Morgan fingerprint density at radius 3 is 1.86 bits per heavy atom. The number of hydrogen-bond acceptors (Lipinski definition) is 9. The quantitative estimate of drug-likeness (QED) is 0.194. The van der Waals surface area contributed by atoms with Gasteiger partial charge in [-0.15, -0.1) is 0 Å². The van der Waals surface area contributed by atoms with Crippen molar-refractivity contribution in [1.29, 1.82) is 0 Å². The molecule has 4 rings (SSSR count). The van der Waals surface area contributed by atoms with Gasteiger partial charge in [-0.3, -0.25) is 20.2 Å². The predicted molar refractivity (Wildman–Crippen MR) is 126 cm³/mol. The third-order valence-corrected chi connectivity index (χ3v) is 5.13. The molecule has 0 radical (unpaired) electrons. The molecule has 11 heteroatoms. The summed E-state index contributed by atoms with van der Waals surface area (Å²) in [7, 11) is 0. The molecule has 0 saturated heterocycles. The number of nitrogens with zero attached hydrogens (tertiary/aromatic N) is 3. The first kappa shape index (κ1) is 24.0. The summed E-state index contributed by atoms with van der Waals surface area (Å²) in [5, 5.41) is 22.4. The van der Waals surface area contributed by atoms with Crippen LogP contribution < -0.4 is 0 Å². The maximum Gasteiger partial charge on any atom is 0.357 e. The first-order valence-corrected chi connectivity index (χ1v) is 10.5. The van der Waals surface area contributed by atoms with E-state index in [1.54, 1.807) is 36.4 Å². The van der Waals surface area contributed by atoms with Crippen LogP contribution in [-0.4, -0.2) is 26.8 Å². The largest absolute Gasteiger partial charge is 0.457 e. The Hall–Kier alpha value is -5.19. The van der Waals surface area contributed by atoms with Crippen LogP contribution in [0.4, 0.5) is 11.4 Å². The Kier molecular flexibility index (Phi) is 6.91. The Morgan fingerprint density at radius 1 is 0.722 bits per heavy atom. The topological polar surface area (TPSA) is 152 Å². The second-order valence-corrected chi connectivity index (χ2v) is 7.58. The summed E-state index contributed by atoms with van der Waals surface area (Å²) < 4.78 is 10.6. The molecule has 1 heterocycles. The molecule has 0 fully saturated rings. The van der Waals surface area contributed by atoms with E-state index in [1.807, 2.05) is 0 Å². The summed E-state index contributed by atoms with van der Waals surface area (Å²) in [6.07, 6.45) is 0. The zero-order valence-corrected chi connectivity index (χ0v) is 18.5. The van der Waals surface area contributed by atoms with Crippen molar-refractivity contribution in [3.05, 3.63) is 121 Å². The van der Waals surface area contributed by atoms with Gasteiger partial charge in [0.15, 0.2) is 0 Å². The summed E-state index contributed by atoms with van der Waals surface area (Å²) in [5.74, 6) is -1.59. The maximum absolute atomic E-state index is 12.9. The number of ether oxygens (including phenoxy) is 2. The molecule has 0 aliphatic rings. The molecule has 36 heavy (non-hydrogen) atoms. The van der Waals surface area contributed by atoms with Crippen LogP contribution in [0.1, 0.15) is 32.0 Å². The van der Waals surface area contributed by atoms with E-state index in [0.29, 0.717) is 22.0 Å². The fourth-order valence-electron chi connectivity index (χ4n) is 3.42. The van der Waals surface area contributed by atoms with Crippen molar-refractivity contribution in [2.45, 2.75) is 13.2 Å². The lowest BCUT2D eigenvalue weighted by atomic mass is 10.1. The van der Waals surface area contributed by atoms with Gasteiger partial charge in [0.05, 0.1) is 20.9 Å². The van der Waals surface area contributed by atoms with Crippen molar-refractivity contribution in [3.8, 4) is 0 Å². The van der Waals surface area contributed by atoms with Crippen molar-refractivity contribution in [1.82, 2.24) is 4.98 Å². The molecule has 0 aliphatic carbocycles. The minimum atomic E-state index is -0.833. The van der Waals surface area contributed by atoms with E-state index in [2.05, 4.69) is 4.98 Å². The van der Waals surface area contributed by atoms with Crippen LogP contribution in [0.15, 0.2) is 78.9 Å². The molecule has 11 nitrogen and oxygen atoms in total. The third-order valence-electron chi connectivity index (χ3n) is 5.13. The number of carbonyl (C=O) groups is 2. The highest BCUT2D eigenvalue weighted by Crippen LogP contribution is 2.22. The van der Waals surface area contributed by atoms with Crippen molar-refractivity contribution >= 4 is 34.2 Å². The average molecular weight is 487 g/mol. The van der Waals surface area contributed by atoms with Gasteiger partial charge >= 0.3 is 11.9 Å². The SMILES string of the molecule is O=C(OCc1cccc([N+](=O)[O-])c1)c1cc(C(=O)OCc2cccc([N+](=O)[O-])c2)c2ccccc2n1. The lowest BCUT2D eigenvalue weighted by molar-refractivity contribution is -0.385. The van der Waals surface area contributed by atoms with E-state index in [1.165, 1.54) is 42.5 Å². The summed E-state index contributed by atoms with van der Waals surface area (Å²) in [5.41, 5.74) is 0.828. The van der Waals surface area contributed by atoms with Gasteiger partial charge < -0.3 is 9.47 Å². The van der Waals surface area contributed by atoms with Gasteiger partial charge in [-0.1, -0.05) is 42.5 Å². The molecule has 0 bridgehead atoms. The maximum atomic E-state index is 12.9. The number of nitro benzene ring substituents is 2. The molecule has 0 amide bonds. The first-order chi connectivity index (χ1) is 17.3. The van der Waals surface area contributed by atoms with Crippen molar-refractivity contribution in [2.75, 3.05) is 0 Å². The van der Waals surface area contributed by atoms with E-state index in [4.69, 9.17) is 9.47 Å². The number of fused-ring (bicyclic) bond motifs is 1. The first-order valence-electron chi connectivity index (χ1n) is 10.5. The van der Waals surface area contributed by atoms with E-state index in [9.17, 15) is 29.8 Å². The van der Waals surface area contributed by atoms with E-state index >= 15 is 0 Å². The third kappa shape index (κ3) is 5.47. The molecule has 3 aromatic carbocycles. The highest BCUT2D eigenvalue weighted by Gasteiger charge is 2.19. The smallest absolute Gasteiger partial charge is 0.357 e. The average Bonchev–Trinajstić information content (AvgIpc) is 2.90. The molecule has 0 unspecified atom stereocenters. The zero-order chi connectivity index (χ0) is 25.7. The molecule has 0 spiro atoms. The van der Waals surface area contributed by atoms with E-state index in [0.717, 1.165) is 0 Å². The minimum Gasteiger partial charge on any atom is -0.457 e. The number of aromatic nitrogens is 1. The Morgan fingerprint density at radius 2 is 1.28 bits per heavy atom. The van der Waals surface area contributed by atoms with E-state index in [-0.39, 0.29) is 35.8 Å². The van der Waals surface area contributed by atoms with Crippen LogP contribution in [0.3, 0.4) is 0 Å². The molecule has 4 aromatic rings. The lowest BCUT2D eigenvalue weighted by Crippen LogP contribution is -2.12. The van der Waals surface area contributed by atoms with Crippen LogP contribution in [-0.2, 0) is 22.7 Å². The zero-order valence-electron chi connectivity index (χ0n) is 18.5. The predicted octanol–water partition coefficient (Wildman–Crippen LogP) is 4.77. The van der Waals surface area contributed by atoms with Gasteiger partial charge in [0.1, 0.15) is 18.9 Å². The van der Waals surface area contributed by atoms with Crippen LogP contribution in [0.25, 0.3) is 10.9 Å². The van der Waals surface area contributed by atoms with Crippen LogP contribution in [0.5, 0.6) is 0 Å². The number of rotatable bonds is 8. The highest BCUT2D eigenvalue weighted by molar-refractivity contribution is 6.05. The lowest BCUT2D eigenvalue weighted by Gasteiger charge is -2.10. The van der Waals surface area contributed by atoms with Gasteiger partial charge in [0.2, 0.25) is 0 Å². The highest BCUT2D eigenvalue weighted by atomic mass is 16.6. The van der Waals surface area contributed by atoms with Crippen molar-refractivity contribution in [3.63, 3.8) is 0 Å². The monoisotopic (exact) mass is 487 g/mol. The van der Waals surface area contributed by atoms with Crippen LogP contribution in [0, 0.1) is 20.2 Å². The number of hydrogen-bond donors (Lipinski definition) is 0. The molecule has 180 valence electrons. The fourth-order valence-corrected chi connectivity index (χ4v) is 3.42. The normalized spacial score (nSPS) is 10.6. The number of carbonyl (C=O) groups excluding carboxylic acids is 2. The summed E-state index contributed by atoms with van der Waals surface area (Å²) in [6.45, 7) is -0.453. The molecular formula is C25H17N3O8. The summed E-state index contributed by atoms with van der Waals surface area (Å²) >= 11 is 0. The number of non-ortho nitro benzene ring substituents is 2. The molecule has 0 aliphatic heterocycles. The molecular weight excluding hydrogens is 470 g/mol. The minimum absolute atomic E-state index is 0.0633. The number of esters is 2. The standard InChI is InChI=1S/C25H17N3O8/c29-24(35-14-16-5-3-7-18(11-16)27(31)32)21-13-23(26-22-10-2-1-9-20(21)22)25(30)36-15-17-6-4-8-19(12-17)28(33)34/h1-13H,14-15H2. The van der Waals surface area contributed by atoms with Gasteiger partial charge in [-0.2, -0.15) is 0 Å². The Labute approximate surface area is 203 Å². The number of pyridine rings is 1. The molecule has 0 saturated carbocycles. The van der Waals surface area contributed by atoms with Gasteiger partial charge in [-0.25, -0.2) is 14.6 Å². The Balaban J connectivity index is 1.54. The number of para-hydroxylation sites is 1. The number of benzene rings is 3. The van der Waals surface area contributed by atoms with Crippen LogP contribution >= 0.6 is 0 Å². The molecule has 0 atom stereocenters. The van der Waals surface area contributed by atoms with Crippen LogP contribution in [0.2, 0.25) is 0 Å². The van der Waals surface area contributed by atoms with E-state index < -0.39 is 21.8 Å².